The zero-order chi connectivity index (χ0) is 13.8. The number of benzene rings is 1. The fourth-order valence-electron chi connectivity index (χ4n) is 1.53. The minimum absolute atomic E-state index is 0.343. The van der Waals surface area contributed by atoms with E-state index in [1.165, 1.54) is 6.26 Å². The van der Waals surface area contributed by atoms with E-state index < -0.39 is 15.4 Å². The molecule has 0 saturated carbocycles. The number of aliphatic hydroxyl groups is 1. The van der Waals surface area contributed by atoms with E-state index in [0.29, 0.717) is 11.4 Å². The van der Waals surface area contributed by atoms with E-state index in [-0.39, 0.29) is 0 Å². The van der Waals surface area contributed by atoms with E-state index in [2.05, 4.69) is 5.32 Å². The molecule has 5 heteroatoms. The van der Waals surface area contributed by atoms with Crippen LogP contribution in [0.5, 0.6) is 0 Å². The van der Waals surface area contributed by atoms with Gasteiger partial charge in [-0.1, -0.05) is 12.1 Å². The van der Waals surface area contributed by atoms with Gasteiger partial charge in [0.05, 0.1) is 10.5 Å². The number of nitrogens with one attached hydrogen (secondary N) is 1. The predicted octanol–water partition coefficient (Wildman–Crippen LogP) is 0.993. The van der Waals surface area contributed by atoms with Gasteiger partial charge in [0.15, 0.2) is 9.84 Å². The highest BCUT2D eigenvalue weighted by molar-refractivity contribution is 7.90. The molecule has 0 aliphatic heterocycles. The Morgan fingerprint density at radius 3 is 2.22 bits per heavy atom. The van der Waals surface area contributed by atoms with Gasteiger partial charge in [0.2, 0.25) is 0 Å². The van der Waals surface area contributed by atoms with Crippen molar-refractivity contribution in [1.82, 2.24) is 5.32 Å². The number of rotatable bonds is 6. The zero-order valence-corrected chi connectivity index (χ0v) is 11.9. The lowest BCUT2D eigenvalue weighted by Gasteiger charge is -2.17. The predicted molar refractivity (Wildman–Crippen MR) is 72.4 cm³/mol. The fraction of sp³-hybridized carbons (Fsp3) is 0.538. The number of hydrogen-bond acceptors (Lipinski definition) is 4. The Balaban J connectivity index is 2.45. The summed E-state index contributed by atoms with van der Waals surface area (Å²) >= 11 is 0. The Bertz CT molecular complexity index is 472. The molecule has 0 unspecified atom stereocenters. The van der Waals surface area contributed by atoms with Crippen molar-refractivity contribution in [2.24, 2.45) is 0 Å². The van der Waals surface area contributed by atoms with Crippen molar-refractivity contribution in [2.75, 3.05) is 19.3 Å². The maximum atomic E-state index is 11.3. The molecule has 0 aliphatic carbocycles. The summed E-state index contributed by atoms with van der Waals surface area (Å²) in [6, 6.07) is 6.89. The summed E-state index contributed by atoms with van der Waals surface area (Å²) in [6.45, 7) is 4.79. The molecule has 0 aromatic heterocycles. The lowest BCUT2D eigenvalue weighted by atomic mass is 10.1. The van der Waals surface area contributed by atoms with Crippen molar-refractivity contribution in [3.63, 3.8) is 0 Å². The molecule has 18 heavy (non-hydrogen) atoms. The number of sulfone groups is 1. The molecule has 0 heterocycles. The van der Waals surface area contributed by atoms with Gasteiger partial charge in [-0.05, 0) is 44.5 Å². The lowest BCUT2D eigenvalue weighted by molar-refractivity contribution is 0.0801. The van der Waals surface area contributed by atoms with Crippen LogP contribution in [0.3, 0.4) is 0 Å². The van der Waals surface area contributed by atoms with Crippen LogP contribution in [0.1, 0.15) is 19.4 Å². The molecule has 1 aromatic rings. The molecule has 0 fully saturated rings. The van der Waals surface area contributed by atoms with Gasteiger partial charge in [0.25, 0.3) is 0 Å². The Morgan fingerprint density at radius 2 is 1.78 bits per heavy atom. The first kappa shape index (κ1) is 15.1. The highest BCUT2D eigenvalue weighted by Gasteiger charge is 2.10. The Kier molecular flexibility index (Phi) is 4.90. The smallest absolute Gasteiger partial charge is 0.175 e. The SMILES string of the molecule is CC(C)(O)CNCCc1ccc(S(C)(=O)=O)cc1. The molecule has 1 aromatic carbocycles. The summed E-state index contributed by atoms with van der Waals surface area (Å²) in [4.78, 5) is 0.343. The second kappa shape index (κ2) is 5.82. The molecule has 0 saturated heterocycles. The van der Waals surface area contributed by atoms with Crippen molar-refractivity contribution in [3.05, 3.63) is 29.8 Å². The maximum absolute atomic E-state index is 11.3. The summed E-state index contributed by atoms with van der Waals surface area (Å²) in [7, 11) is -3.11. The van der Waals surface area contributed by atoms with Crippen LogP contribution in [0.15, 0.2) is 29.2 Å². The summed E-state index contributed by atoms with van der Waals surface area (Å²) < 4.78 is 22.5. The van der Waals surface area contributed by atoms with E-state index in [1.54, 1.807) is 26.0 Å². The van der Waals surface area contributed by atoms with Gasteiger partial charge in [-0.15, -0.1) is 0 Å². The molecule has 102 valence electrons. The molecule has 1 rings (SSSR count). The monoisotopic (exact) mass is 271 g/mol. The van der Waals surface area contributed by atoms with Crippen LogP contribution < -0.4 is 5.32 Å². The van der Waals surface area contributed by atoms with Crippen LogP contribution in [0.25, 0.3) is 0 Å². The molecule has 0 radical (unpaired) electrons. The molecule has 0 amide bonds. The topological polar surface area (TPSA) is 66.4 Å². The molecule has 0 bridgehead atoms. The van der Waals surface area contributed by atoms with Crippen molar-refractivity contribution < 1.29 is 13.5 Å². The maximum Gasteiger partial charge on any atom is 0.175 e. The van der Waals surface area contributed by atoms with Gasteiger partial charge in [-0.25, -0.2) is 8.42 Å². The summed E-state index contributed by atoms with van der Waals surface area (Å²) in [5.74, 6) is 0. The third-order valence-electron chi connectivity index (χ3n) is 2.50. The molecule has 2 N–H and O–H groups in total. The third-order valence-corrected chi connectivity index (χ3v) is 3.63. The minimum atomic E-state index is -3.11. The standard InChI is InChI=1S/C13H21NO3S/c1-13(2,15)10-14-9-8-11-4-6-12(7-5-11)18(3,16)17/h4-7,14-15H,8-10H2,1-3H3. The molecule has 0 atom stereocenters. The second-order valence-corrected chi connectivity index (χ2v) is 7.17. The van der Waals surface area contributed by atoms with Crippen molar-refractivity contribution in [1.29, 1.82) is 0 Å². The van der Waals surface area contributed by atoms with Gasteiger partial charge in [-0.2, -0.15) is 0 Å². The minimum Gasteiger partial charge on any atom is -0.389 e. The van der Waals surface area contributed by atoms with Crippen molar-refractivity contribution >= 4 is 9.84 Å². The van der Waals surface area contributed by atoms with Crippen LogP contribution in [-0.4, -0.2) is 38.5 Å². The molecule has 0 spiro atoms. The van der Waals surface area contributed by atoms with Crippen LogP contribution in [0.2, 0.25) is 0 Å². The van der Waals surface area contributed by atoms with Crippen LogP contribution >= 0.6 is 0 Å². The van der Waals surface area contributed by atoms with Crippen LogP contribution in [0, 0.1) is 0 Å². The van der Waals surface area contributed by atoms with Crippen molar-refractivity contribution in [2.45, 2.75) is 30.8 Å². The van der Waals surface area contributed by atoms with Crippen LogP contribution in [0.4, 0.5) is 0 Å². The summed E-state index contributed by atoms with van der Waals surface area (Å²) in [5, 5.41) is 12.7. The van der Waals surface area contributed by atoms with Gasteiger partial charge in [0.1, 0.15) is 0 Å². The highest BCUT2D eigenvalue weighted by atomic mass is 32.2. The first-order chi connectivity index (χ1) is 8.18. The highest BCUT2D eigenvalue weighted by Crippen LogP contribution is 2.10. The molecular weight excluding hydrogens is 250 g/mol. The van der Waals surface area contributed by atoms with Gasteiger partial charge in [-0.3, -0.25) is 0 Å². The largest absolute Gasteiger partial charge is 0.389 e. The second-order valence-electron chi connectivity index (χ2n) is 5.16. The van der Waals surface area contributed by atoms with E-state index in [4.69, 9.17) is 0 Å². The van der Waals surface area contributed by atoms with Gasteiger partial charge in [0, 0.05) is 12.8 Å². The average molecular weight is 271 g/mol. The molecular formula is C13H21NO3S. The Hall–Kier alpha value is -0.910. The van der Waals surface area contributed by atoms with Crippen LogP contribution in [-0.2, 0) is 16.3 Å². The average Bonchev–Trinajstić information content (AvgIpc) is 2.22. The lowest BCUT2D eigenvalue weighted by Crippen LogP contribution is -2.35. The fourth-order valence-corrected chi connectivity index (χ4v) is 2.16. The van der Waals surface area contributed by atoms with Gasteiger partial charge >= 0.3 is 0 Å². The first-order valence-corrected chi connectivity index (χ1v) is 7.80. The third kappa shape index (κ3) is 5.62. The summed E-state index contributed by atoms with van der Waals surface area (Å²) in [5.41, 5.74) is 0.366. The Labute approximate surface area is 109 Å². The summed E-state index contributed by atoms with van der Waals surface area (Å²) in [6.07, 6.45) is 2.01. The molecule has 0 aliphatic rings. The number of hydrogen-bond donors (Lipinski definition) is 2. The van der Waals surface area contributed by atoms with Crippen molar-refractivity contribution in [3.8, 4) is 0 Å². The first-order valence-electron chi connectivity index (χ1n) is 5.90. The Morgan fingerprint density at radius 1 is 1.22 bits per heavy atom. The van der Waals surface area contributed by atoms with E-state index in [0.717, 1.165) is 18.5 Å². The van der Waals surface area contributed by atoms with Gasteiger partial charge < -0.3 is 10.4 Å². The van der Waals surface area contributed by atoms with E-state index >= 15 is 0 Å². The molecule has 4 nitrogen and oxygen atoms in total. The van der Waals surface area contributed by atoms with E-state index in [1.807, 2.05) is 12.1 Å². The van der Waals surface area contributed by atoms with E-state index in [9.17, 15) is 13.5 Å². The zero-order valence-electron chi connectivity index (χ0n) is 11.1. The quantitative estimate of drug-likeness (QED) is 0.757. The normalized spacial score (nSPS) is 12.7.